The van der Waals surface area contributed by atoms with Gasteiger partial charge in [0.2, 0.25) is 5.76 Å². The number of nitrogens with zero attached hydrogens (tertiary/aromatic N) is 1. The number of carbonyl (C=O) groups excluding carboxylic acids is 1. The summed E-state index contributed by atoms with van der Waals surface area (Å²) in [5.41, 5.74) is 4.18. The summed E-state index contributed by atoms with van der Waals surface area (Å²) >= 11 is 12.4. The van der Waals surface area contributed by atoms with Gasteiger partial charge in [0, 0.05) is 6.54 Å². The van der Waals surface area contributed by atoms with Gasteiger partial charge in [-0.25, -0.2) is 0 Å². The topological polar surface area (TPSA) is 50.5 Å². The standard InChI is InChI=1S/C26H19Cl2NO3/c1-14-10-18-21(11-15(14)2)32-25-22(24(18)30)23(17-8-9-19(27)20(28)12-17)29(26(25)31)13-16-6-4-3-5-7-16/h3-12,23H,13H2,1-2H3/t23-/m1/s1. The third kappa shape index (κ3) is 3.31. The number of hydrogen-bond donors (Lipinski definition) is 0. The lowest BCUT2D eigenvalue weighted by molar-refractivity contribution is 0.0714. The number of fused-ring (bicyclic) bond motifs is 2. The van der Waals surface area contributed by atoms with Crippen LogP contribution in [0.1, 0.15) is 44.4 Å². The number of amides is 1. The molecule has 2 heterocycles. The molecule has 0 saturated heterocycles. The van der Waals surface area contributed by atoms with E-state index < -0.39 is 6.04 Å². The number of hydrogen-bond acceptors (Lipinski definition) is 3. The van der Waals surface area contributed by atoms with Crippen LogP contribution in [0.5, 0.6) is 0 Å². The first kappa shape index (κ1) is 20.8. The Balaban J connectivity index is 1.76. The summed E-state index contributed by atoms with van der Waals surface area (Å²) in [6.45, 7) is 4.22. The van der Waals surface area contributed by atoms with E-state index in [2.05, 4.69) is 0 Å². The van der Waals surface area contributed by atoms with Gasteiger partial charge in [-0.2, -0.15) is 0 Å². The van der Waals surface area contributed by atoms with Gasteiger partial charge in [0.15, 0.2) is 5.43 Å². The zero-order chi connectivity index (χ0) is 22.6. The van der Waals surface area contributed by atoms with Crippen LogP contribution in [0.15, 0.2) is 69.9 Å². The minimum absolute atomic E-state index is 0.0813. The van der Waals surface area contributed by atoms with Crippen LogP contribution in [-0.4, -0.2) is 10.8 Å². The molecule has 1 aliphatic rings. The molecule has 0 saturated carbocycles. The minimum Gasteiger partial charge on any atom is -0.450 e. The van der Waals surface area contributed by atoms with Crippen LogP contribution in [0.4, 0.5) is 0 Å². The number of carbonyl (C=O) groups is 1. The van der Waals surface area contributed by atoms with Crippen LogP contribution in [0.2, 0.25) is 10.0 Å². The van der Waals surface area contributed by atoms with Crippen molar-refractivity contribution >= 4 is 40.1 Å². The quantitative estimate of drug-likeness (QED) is 0.350. The van der Waals surface area contributed by atoms with Gasteiger partial charge < -0.3 is 9.32 Å². The van der Waals surface area contributed by atoms with Crippen LogP contribution in [0, 0.1) is 13.8 Å². The molecule has 32 heavy (non-hydrogen) atoms. The fourth-order valence-electron chi connectivity index (χ4n) is 4.25. The Bertz CT molecular complexity index is 1440. The summed E-state index contributed by atoms with van der Waals surface area (Å²) in [4.78, 5) is 28.8. The van der Waals surface area contributed by atoms with Gasteiger partial charge in [0.1, 0.15) is 5.58 Å². The van der Waals surface area contributed by atoms with Crippen LogP contribution in [0.3, 0.4) is 0 Å². The molecule has 0 unspecified atom stereocenters. The molecule has 0 bridgehead atoms. The molecule has 3 aromatic carbocycles. The summed E-state index contributed by atoms with van der Waals surface area (Å²) in [6.07, 6.45) is 0. The Hall–Kier alpha value is -3.08. The Morgan fingerprint density at radius 1 is 0.906 bits per heavy atom. The van der Waals surface area contributed by atoms with Crippen LogP contribution < -0.4 is 5.43 Å². The van der Waals surface area contributed by atoms with E-state index >= 15 is 0 Å². The van der Waals surface area contributed by atoms with E-state index in [1.54, 1.807) is 23.1 Å². The molecule has 0 aliphatic carbocycles. The molecule has 4 nitrogen and oxygen atoms in total. The molecular formula is C26H19Cl2NO3. The first-order valence-corrected chi connectivity index (χ1v) is 11.0. The van der Waals surface area contributed by atoms with E-state index in [1.807, 2.05) is 56.3 Å². The van der Waals surface area contributed by atoms with E-state index in [4.69, 9.17) is 27.6 Å². The van der Waals surface area contributed by atoms with Gasteiger partial charge in [-0.1, -0.05) is 59.6 Å². The predicted molar refractivity (Wildman–Crippen MR) is 127 cm³/mol. The molecular weight excluding hydrogens is 445 g/mol. The average Bonchev–Trinajstić information content (AvgIpc) is 3.04. The Labute approximate surface area is 195 Å². The largest absolute Gasteiger partial charge is 0.450 e. The second-order valence-corrected chi connectivity index (χ2v) is 8.92. The van der Waals surface area contributed by atoms with Crippen molar-refractivity contribution in [2.45, 2.75) is 26.4 Å². The minimum atomic E-state index is -0.630. The van der Waals surface area contributed by atoms with Crippen LogP contribution >= 0.6 is 23.2 Å². The second-order valence-electron chi connectivity index (χ2n) is 8.10. The molecule has 4 aromatic rings. The van der Waals surface area contributed by atoms with Gasteiger partial charge >= 0.3 is 0 Å². The fraction of sp³-hybridized carbons (Fsp3) is 0.154. The first-order valence-electron chi connectivity index (χ1n) is 10.2. The normalized spacial score (nSPS) is 15.4. The lowest BCUT2D eigenvalue weighted by Gasteiger charge is -2.25. The SMILES string of the molecule is Cc1cc2oc3c(c(=O)c2cc1C)[C@@H](c1ccc(Cl)c(Cl)c1)N(Cc1ccccc1)C3=O. The van der Waals surface area contributed by atoms with Crippen LogP contribution in [-0.2, 0) is 6.54 Å². The predicted octanol–water partition coefficient (Wildman–Crippen LogP) is 6.46. The monoisotopic (exact) mass is 463 g/mol. The maximum atomic E-state index is 13.7. The number of aryl methyl sites for hydroxylation is 2. The number of rotatable bonds is 3. The van der Waals surface area contributed by atoms with Crippen molar-refractivity contribution in [1.29, 1.82) is 0 Å². The lowest BCUT2D eigenvalue weighted by Crippen LogP contribution is -2.29. The highest BCUT2D eigenvalue weighted by molar-refractivity contribution is 6.42. The summed E-state index contributed by atoms with van der Waals surface area (Å²) in [5.74, 6) is -0.241. The van der Waals surface area contributed by atoms with E-state index in [1.165, 1.54) is 0 Å². The van der Waals surface area contributed by atoms with Gasteiger partial charge in [0.05, 0.1) is 27.0 Å². The van der Waals surface area contributed by atoms with E-state index in [0.717, 1.165) is 16.7 Å². The van der Waals surface area contributed by atoms with E-state index in [9.17, 15) is 9.59 Å². The van der Waals surface area contributed by atoms with E-state index in [0.29, 0.717) is 38.7 Å². The smallest absolute Gasteiger partial charge is 0.291 e. The van der Waals surface area contributed by atoms with Crippen molar-refractivity contribution in [2.75, 3.05) is 0 Å². The third-order valence-corrected chi connectivity index (χ3v) is 6.78. The lowest BCUT2D eigenvalue weighted by atomic mass is 9.97. The van der Waals surface area contributed by atoms with Gasteiger partial charge in [-0.05, 0) is 60.4 Å². The maximum absolute atomic E-state index is 13.7. The Morgan fingerprint density at radius 3 is 2.34 bits per heavy atom. The Kier molecular flexibility index (Phi) is 5.07. The molecule has 0 N–H and O–H groups in total. The van der Waals surface area contributed by atoms with Gasteiger partial charge in [-0.15, -0.1) is 0 Å². The maximum Gasteiger partial charge on any atom is 0.291 e. The molecule has 160 valence electrons. The van der Waals surface area contributed by atoms with Crippen molar-refractivity contribution in [1.82, 2.24) is 4.90 Å². The van der Waals surface area contributed by atoms with Crippen molar-refractivity contribution < 1.29 is 9.21 Å². The van der Waals surface area contributed by atoms with Crippen LogP contribution in [0.25, 0.3) is 11.0 Å². The molecule has 6 heteroatoms. The average molecular weight is 464 g/mol. The summed E-state index contributed by atoms with van der Waals surface area (Å²) in [5, 5.41) is 1.24. The molecule has 0 spiro atoms. The summed E-state index contributed by atoms with van der Waals surface area (Å²) in [7, 11) is 0. The number of halogens is 2. The van der Waals surface area contributed by atoms with Crippen molar-refractivity contribution in [2.24, 2.45) is 0 Å². The fourth-order valence-corrected chi connectivity index (χ4v) is 4.55. The molecule has 1 aromatic heterocycles. The van der Waals surface area contributed by atoms with Crippen molar-refractivity contribution in [3.8, 4) is 0 Å². The van der Waals surface area contributed by atoms with Crippen molar-refractivity contribution in [3.63, 3.8) is 0 Å². The zero-order valence-electron chi connectivity index (χ0n) is 17.5. The number of benzene rings is 3. The first-order chi connectivity index (χ1) is 15.3. The Morgan fingerprint density at radius 2 is 1.62 bits per heavy atom. The van der Waals surface area contributed by atoms with Gasteiger partial charge in [0.25, 0.3) is 5.91 Å². The van der Waals surface area contributed by atoms with Crippen molar-refractivity contribution in [3.05, 3.63) is 115 Å². The van der Waals surface area contributed by atoms with Gasteiger partial charge in [-0.3, -0.25) is 9.59 Å². The highest BCUT2D eigenvalue weighted by atomic mass is 35.5. The van der Waals surface area contributed by atoms with E-state index in [-0.39, 0.29) is 17.1 Å². The summed E-state index contributed by atoms with van der Waals surface area (Å²) in [6, 6.07) is 17.8. The second kappa shape index (κ2) is 7.80. The molecule has 1 atom stereocenters. The molecule has 1 aliphatic heterocycles. The zero-order valence-corrected chi connectivity index (χ0v) is 19.0. The summed E-state index contributed by atoms with van der Waals surface area (Å²) < 4.78 is 6.06. The molecule has 1 amide bonds. The molecule has 0 radical (unpaired) electrons. The third-order valence-electron chi connectivity index (χ3n) is 6.04. The molecule has 5 rings (SSSR count). The molecule has 0 fully saturated rings. The highest BCUT2D eigenvalue weighted by Crippen LogP contribution is 2.40. The highest BCUT2D eigenvalue weighted by Gasteiger charge is 2.42.